The average Bonchev–Trinajstić information content (AvgIpc) is 3.08. The molecule has 3 rings (SSSR count). The van der Waals surface area contributed by atoms with Crippen molar-refractivity contribution >= 4 is 5.91 Å². The van der Waals surface area contributed by atoms with E-state index in [1.54, 1.807) is 24.5 Å². The number of aromatic amines is 1. The predicted molar refractivity (Wildman–Crippen MR) is 83.3 cm³/mol. The number of nitrogens with zero attached hydrogens (tertiary/aromatic N) is 1. The van der Waals surface area contributed by atoms with Crippen molar-refractivity contribution in [2.45, 2.75) is 31.6 Å². The first-order valence-electron chi connectivity index (χ1n) is 7.79. The van der Waals surface area contributed by atoms with E-state index in [4.69, 9.17) is 0 Å². The Kier molecular flexibility index (Phi) is 4.41. The molecule has 0 unspecified atom stereocenters. The zero-order chi connectivity index (χ0) is 16.3. The summed E-state index contributed by atoms with van der Waals surface area (Å²) >= 11 is 0. The first-order chi connectivity index (χ1) is 11.0. The minimum absolute atomic E-state index is 0.0765. The molecule has 1 aromatic carbocycles. The van der Waals surface area contributed by atoms with E-state index < -0.39 is 5.92 Å². The Hall–Kier alpha value is -2.24. The van der Waals surface area contributed by atoms with Crippen LogP contribution in [0, 0.1) is 5.92 Å². The molecule has 1 aromatic heterocycles. The molecule has 1 fully saturated rings. The maximum Gasteiger partial charge on any atom is 0.251 e. The van der Waals surface area contributed by atoms with Gasteiger partial charge in [0.1, 0.15) is 0 Å². The fourth-order valence-electron chi connectivity index (χ4n) is 2.87. The van der Waals surface area contributed by atoms with Crippen molar-refractivity contribution in [2.24, 2.45) is 5.92 Å². The van der Waals surface area contributed by atoms with Crippen LogP contribution in [0.2, 0.25) is 0 Å². The van der Waals surface area contributed by atoms with Crippen molar-refractivity contribution in [1.29, 1.82) is 0 Å². The molecule has 122 valence electrons. The highest BCUT2D eigenvalue weighted by molar-refractivity contribution is 5.94. The third-order valence-corrected chi connectivity index (χ3v) is 4.37. The molecule has 0 saturated heterocycles. The van der Waals surface area contributed by atoms with Gasteiger partial charge in [-0.15, -0.1) is 0 Å². The van der Waals surface area contributed by atoms with Gasteiger partial charge < -0.3 is 5.32 Å². The number of carbonyl (C=O) groups is 1. The molecule has 1 aliphatic rings. The number of alkyl halides is 2. The van der Waals surface area contributed by atoms with Gasteiger partial charge in [0, 0.05) is 36.7 Å². The standard InChI is InChI=1S/C17H19F2N3O/c18-17(19)7-5-12(6-8-17)9-20-16(23)14-3-1-13(2-4-14)15-10-21-22-11-15/h1-4,10-12H,5-9H2,(H,20,23)(H,21,22). The molecule has 4 nitrogen and oxygen atoms in total. The summed E-state index contributed by atoms with van der Waals surface area (Å²) in [6.45, 7) is 0.457. The SMILES string of the molecule is O=C(NCC1CCC(F)(F)CC1)c1ccc(-c2cn[nH]c2)cc1. The molecule has 1 aliphatic carbocycles. The third-order valence-electron chi connectivity index (χ3n) is 4.37. The molecular weight excluding hydrogens is 300 g/mol. The Bertz CT molecular complexity index is 643. The fraction of sp³-hybridized carbons (Fsp3) is 0.412. The topological polar surface area (TPSA) is 57.8 Å². The zero-order valence-electron chi connectivity index (χ0n) is 12.7. The van der Waals surface area contributed by atoms with Gasteiger partial charge in [0.2, 0.25) is 5.92 Å². The Morgan fingerprint density at radius 3 is 2.52 bits per heavy atom. The molecule has 2 aromatic rings. The maximum absolute atomic E-state index is 13.1. The monoisotopic (exact) mass is 319 g/mol. The van der Waals surface area contributed by atoms with Gasteiger partial charge in [0.25, 0.3) is 5.91 Å². The van der Waals surface area contributed by atoms with Gasteiger partial charge in [0.05, 0.1) is 6.20 Å². The minimum Gasteiger partial charge on any atom is -0.352 e. The van der Waals surface area contributed by atoms with E-state index in [0.717, 1.165) is 11.1 Å². The molecule has 1 amide bonds. The Labute approximate surface area is 133 Å². The van der Waals surface area contributed by atoms with E-state index in [1.165, 1.54) is 0 Å². The summed E-state index contributed by atoms with van der Waals surface area (Å²) < 4.78 is 26.2. The maximum atomic E-state index is 13.1. The number of amides is 1. The first kappa shape index (κ1) is 15.6. The highest BCUT2D eigenvalue weighted by Gasteiger charge is 2.34. The summed E-state index contributed by atoms with van der Waals surface area (Å²) in [5.41, 5.74) is 2.50. The van der Waals surface area contributed by atoms with E-state index in [0.29, 0.717) is 24.9 Å². The lowest BCUT2D eigenvalue weighted by atomic mass is 9.87. The lowest BCUT2D eigenvalue weighted by molar-refractivity contribution is -0.0452. The Morgan fingerprint density at radius 1 is 1.22 bits per heavy atom. The highest BCUT2D eigenvalue weighted by atomic mass is 19.3. The Morgan fingerprint density at radius 2 is 1.91 bits per heavy atom. The fourth-order valence-corrected chi connectivity index (χ4v) is 2.87. The van der Waals surface area contributed by atoms with Crippen molar-refractivity contribution < 1.29 is 13.6 Å². The summed E-state index contributed by atoms with van der Waals surface area (Å²) in [6.07, 6.45) is 4.28. The van der Waals surface area contributed by atoms with E-state index in [-0.39, 0.29) is 24.7 Å². The van der Waals surface area contributed by atoms with E-state index >= 15 is 0 Å². The smallest absolute Gasteiger partial charge is 0.251 e. The molecule has 6 heteroatoms. The summed E-state index contributed by atoms with van der Waals surface area (Å²) in [5.74, 6) is -2.55. The highest BCUT2D eigenvalue weighted by Crippen LogP contribution is 2.35. The van der Waals surface area contributed by atoms with Crippen molar-refractivity contribution in [2.75, 3.05) is 6.54 Å². The van der Waals surface area contributed by atoms with Crippen LogP contribution in [0.1, 0.15) is 36.0 Å². The number of carbonyl (C=O) groups excluding carboxylic acids is 1. The molecule has 0 aliphatic heterocycles. The van der Waals surface area contributed by atoms with Gasteiger partial charge in [-0.25, -0.2) is 8.78 Å². The second-order valence-corrected chi connectivity index (χ2v) is 6.07. The molecule has 0 spiro atoms. The van der Waals surface area contributed by atoms with E-state index in [9.17, 15) is 13.6 Å². The molecule has 1 heterocycles. The first-order valence-corrected chi connectivity index (χ1v) is 7.79. The molecule has 0 atom stereocenters. The van der Waals surface area contributed by atoms with Crippen LogP contribution < -0.4 is 5.32 Å². The molecule has 0 radical (unpaired) electrons. The molecule has 1 saturated carbocycles. The van der Waals surface area contributed by atoms with Crippen molar-refractivity contribution in [1.82, 2.24) is 15.5 Å². The quantitative estimate of drug-likeness (QED) is 0.904. The number of halogens is 2. The van der Waals surface area contributed by atoms with Gasteiger partial charge in [0.15, 0.2) is 0 Å². The zero-order valence-corrected chi connectivity index (χ0v) is 12.7. The Balaban J connectivity index is 1.52. The number of aromatic nitrogens is 2. The van der Waals surface area contributed by atoms with Crippen LogP contribution in [0.5, 0.6) is 0 Å². The summed E-state index contributed by atoms with van der Waals surface area (Å²) in [6, 6.07) is 7.24. The van der Waals surface area contributed by atoms with E-state index in [1.807, 2.05) is 12.1 Å². The third kappa shape index (κ3) is 3.94. The van der Waals surface area contributed by atoms with Crippen LogP contribution >= 0.6 is 0 Å². The van der Waals surface area contributed by atoms with Gasteiger partial charge >= 0.3 is 0 Å². The second-order valence-electron chi connectivity index (χ2n) is 6.07. The van der Waals surface area contributed by atoms with Crippen molar-refractivity contribution in [3.63, 3.8) is 0 Å². The number of rotatable bonds is 4. The number of benzene rings is 1. The summed E-state index contributed by atoms with van der Waals surface area (Å²) in [5, 5.41) is 9.48. The van der Waals surface area contributed by atoms with Crippen molar-refractivity contribution in [3.05, 3.63) is 42.2 Å². The van der Waals surface area contributed by atoms with E-state index in [2.05, 4.69) is 15.5 Å². The largest absolute Gasteiger partial charge is 0.352 e. The van der Waals surface area contributed by atoms with Crippen LogP contribution in [0.4, 0.5) is 8.78 Å². The predicted octanol–water partition coefficient (Wildman–Crippen LogP) is 3.63. The number of H-pyrrole nitrogens is 1. The lowest BCUT2D eigenvalue weighted by Gasteiger charge is -2.28. The number of hydrogen-bond acceptors (Lipinski definition) is 2. The lowest BCUT2D eigenvalue weighted by Crippen LogP contribution is -2.33. The molecule has 0 bridgehead atoms. The number of hydrogen-bond donors (Lipinski definition) is 2. The molecular formula is C17H19F2N3O. The van der Waals surface area contributed by atoms with Gasteiger partial charge in [-0.2, -0.15) is 5.10 Å². The van der Waals surface area contributed by atoms with Crippen LogP contribution in [0.15, 0.2) is 36.7 Å². The van der Waals surface area contributed by atoms with Gasteiger partial charge in [-0.3, -0.25) is 9.89 Å². The average molecular weight is 319 g/mol. The summed E-state index contributed by atoms with van der Waals surface area (Å²) in [7, 11) is 0. The second kappa shape index (κ2) is 6.48. The van der Waals surface area contributed by atoms with Gasteiger partial charge in [-0.05, 0) is 36.5 Å². The van der Waals surface area contributed by atoms with Crippen LogP contribution in [0.25, 0.3) is 11.1 Å². The van der Waals surface area contributed by atoms with Crippen LogP contribution in [-0.4, -0.2) is 28.6 Å². The number of nitrogens with one attached hydrogen (secondary N) is 2. The normalized spacial score (nSPS) is 17.8. The molecule has 23 heavy (non-hydrogen) atoms. The van der Waals surface area contributed by atoms with Crippen molar-refractivity contribution in [3.8, 4) is 11.1 Å². The summed E-state index contributed by atoms with van der Waals surface area (Å²) in [4.78, 5) is 12.1. The van der Waals surface area contributed by atoms with Crippen LogP contribution in [0.3, 0.4) is 0 Å². The molecule has 2 N–H and O–H groups in total. The minimum atomic E-state index is -2.52. The van der Waals surface area contributed by atoms with Gasteiger partial charge in [-0.1, -0.05) is 12.1 Å². The van der Waals surface area contributed by atoms with Crippen LogP contribution in [-0.2, 0) is 0 Å².